The molecule has 0 bridgehead atoms. The summed E-state index contributed by atoms with van der Waals surface area (Å²) in [5.41, 5.74) is 2.40. The lowest BCUT2D eigenvalue weighted by Crippen LogP contribution is -2.07. The van der Waals surface area contributed by atoms with Crippen molar-refractivity contribution in [3.05, 3.63) is 55.0 Å². The molecule has 23 heavy (non-hydrogen) atoms. The van der Waals surface area contributed by atoms with Crippen molar-refractivity contribution >= 4 is 5.82 Å². The Labute approximate surface area is 134 Å². The van der Waals surface area contributed by atoms with E-state index in [9.17, 15) is 0 Å². The van der Waals surface area contributed by atoms with Gasteiger partial charge in [-0.05, 0) is 30.7 Å². The minimum atomic E-state index is 0.140. The molecule has 3 aromatic rings. The number of aliphatic hydroxyl groups is 1. The summed E-state index contributed by atoms with van der Waals surface area (Å²) in [5.74, 6) is 1.26. The van der Waals surface area contributed by atoms with E-state index in [1.165, 1.54) is 0 Å². The molecule has 0 aliphatic carbocycles. The largest absolute Gasteiger partial charge is 0.396 e. The highest BCUT2D eigenvalue weighted by Crippen LogP contribution is 2.22. The molecule has 0 aromatic carbocycles. The van der Waals surface area contributed by atoms with E-state index in [-0.39, 0.29) is 6.61 Å². The normalized spacial score (nSPS) is 10.5. The second-order valence-electron chi connectivity index (χ2n) is 4.92. The summed E-state index contributed by atoms with van der Waals surface area (Å²) < 4.78 is 0. The van der Waals surface area contributed by atoms with Gasteiger partial charge in [0.15, 0.2) is 5.82 Å². The van der Waals surface area contributed by atoms with Crippen LogP contribution in [0.5, 0.6) is 0 Å². The molecular formula is C17H17N5O. The van der Waals surface area contributed by atoms with Gasteiger partial charge in [-0.2, -0.15) is 0 Å². The first-order chi connectivity index (χ1) is 11.4. The SMILES string of the molecule is OCCCNc1cc(-c2cccnc2)nc(-c2ccccn2)n1. The second-order valence-corrected chi connectivity index (χ2v) is 4.92. The van der Waals surface area contributed by atoms with Gasteiger partial charge in [0.1, 0.15) is 11.5 Å². The van der Waals surface area contributed by atoms with Crippen molar-refractivity contribution in [2.45, 2.75) is 6.42 Å². The summed E-state index contributed by atoms with van der Waals surface area (Å²) >= 11 is 0. The molecule has 2 N–H and O–H groups in total. The average Bonchev–Trinajstić information content (AvgIpc) is 2.63. The fourth-order valence-electron chi connectivity index (χ4n) is 2.11. The summed E-state index contributed by atoms with van der Waals surface area (Å²) in [6.45, 7) is 0.780. The van der Waals surface area contributed by atoms with E-state index in [2.05, 4.69) is 25.3 Å². The molecule has 0 spiro atoms. The number of aromatic nitrogens is 4. The van der Waals surface area contributed by atoms with Gasteiger partial charge in [0, 0.05) is 43.4 Å². The van der Waals surface area contributed by atoms with Crippen LogP contribution in [0.25, 0.3) is 22.8 Å². The topological polar surface area (TPSA) is 83.8 Å². The molecule has 0 atom stereocenters. The number of pyridine rings is 2. The average molecular weight is 307 g/mol. The Morgan fingerprint density at radius 1 is 1.00 bits per heavy atom. The monoisotopic (exact) mass is 307 g/mol. The number of hydrogen-bond acceptors (Lipinski definition) is 6. The van der Waals surface area contributed by atoms with Gasteiger partial charge >= 0.3 is 0 Å². The van der Waals surface area contributed by atoms with Gasteiger partial charge in [-0.25, -0.2) is 9.97 Å². The molecule has 116 valence electrons. The number of nitrogens with zero attached hydrogens (tertiary/aromatic N) is 4. The Morgan fingerprint density at radius 2 is 1.96 bits per heavy atom. The quantitative estimate of drug-likeness (QED) is 0.680. The summed E-state index contributed by atoms with van der Waals surface area (Å²) in [7, 11) is 0. The van der Waals surface area contributed by atoms with Crippen molar-refractivity contribution in [2.75, 3.05) is 18.5 Å². The third-order valence-electron chi connectivity index (χ3n) is 3.22. The Hall–Kier alpha value is -2.86. The molecular weight excluding hydrogens is 290 g/mol. The molecule has 6 heteroatoms. The van der Waals surface area contributed by atoms with Crippen molar-refractivity contribution in [3.8, 4) is 22.8 Å². The van der Waals surface area contributed by atoms with Crippen LogP contribution >= 0.6 is 0 Å². The first-order valence-electron chi connectivity index (χ1n) is 7.42. The van der Waals surface area contributed by atoms with Gasteiger partial charge in [0.25, 0.3) is 0 Å². The molecule has 0 fully saturated rings. The van der Waals surface area contributed by atoms with Gasteiger partial charge in [-0.15, -0.1) is 0 Å². The van der Waals surface area contributed by atoms with Gasteiger partial charge in [0.2, 0.25) is 0 Å². The zero-order valence-corrected chi connectivity index (χ0v) is 12.6. The molecule has 0 unspecified atom stereocenters. The van der Waals surface area contributed by atoms with Crippen molar-refractivity contribution in [3.63, 3.8) is 0 Å². The molecule has 3 aromatic heterocycles. The second kappa shape index (κ2) is 7.42. The number of hydrogen-bond donors (Lipinski definition) is 2. The maximum absolute atomic E-state index is 8.92. The van der Waals surface area contributed by atoms with E-state index < -0.39 is 0 Å². The zero-order valence-electron chi connectivity index (χ0n) is 12.6. The molecule has 0 aliphatic rings. The first kappa shape index (κ1) is 15.1. The Bertz CT molecular complexity index is 692. The maximum atomic E-state index is 8.92. The highest BCUT2D eigenvalue weighted by molar-refractivity contribution is 5.65. The van der Waals surface area contributed by atoms with Crippen LogP contribution in [0.2, 0.25) is 0 Å². The van der Waals surface area contributed by atoms with Crippen LogP contribution in [0.1, 0.15) is 6.42 Å². The van der Waals surface area contributed by atoms with Crippen LogP contribution in [0.15, 0.2) is 55.0 Å². The molecule has 0 saturated heterocycles. The van der Waals surface area contributed by atoms with Crippen molar-refractivity contribution in [2.24, 2.45) is 0 Å². The Balaban J connectivity index is 2.00. The molecule has 0 saturated carbocycles. The Morgan fingerprint density at radius 3 is 2.70 bits per heavy atom. The van der Waals surface area contributed by atoms with Crippen LogP contribution in [0.4, 0.5) is 5.82 Å². The van der Waals surface area contributed by atoms with Crippen LogP contribution < -0.4 is 5.32 Å². The summed E-state index contributed by atoms with van der Waals surface area (Å²) in [5, 5.41) is 12.1. The van der Waals surface area contributed by atoms with Crippen molar-refractivity contribution < 1.29 is 5.11 Å². The van der Waals surface area contributed by atoms with Gasteiger partial charge in [-0.1, -0.05) is 6.07 Å². The molecule has 6 nitrogen and oxygen atoms in total. The molecule has 0 aliphatic heterocycles. The van der Waals surface area contributed by atoms with Crippen molar-refractivity contribution in [1.29, 1.82) is 0 Å². The third kappa shape index (κ3) is 3.87. The summed E-state index contributed by atoms with van der Waals surface area (Å²) in [6, 6.07) is 11.3. The zero-order chi connectivity index (χ0) is 15.9. The van der Waals surface area contributed by atoms with Crippen LogP contribution in [0, 0.1) is 0 Å². The van der Waals surface area contributed by atoms with E-state index in [1.807, 2.05) is 36.4 Å². The van der Waals surface area contributed by atoms with E-state index in [0.29, 0.717) is 30.3 Å². The van der Waals surface area contributed by atoms with E-state index in [1.54, 1.807) is 18.6 Å². The molecule has 0 radical (unpaired) electrons. The van der Waals surface area contributed by atoms with Crippen molar-refractivity contribution in [1.82, 2.24) is 19.9 Å². The van der Waals surface area contributed by atoms with Gasteiger partial charge in [0.05, 0.1) is 5.69 Å². The van der Waals surface area contributed by atoms with E-state index in [0.717, 1.165) is 11.3 Å². The van der Waals surface area contributed by atoms with Gasteiger partial charge in [-0.3, -0.25) is 9.97 Å². The molecule has 3 heterocycles. The van der Waals surface area contributed by atoms with Crippen LogP contribution in [0.3, 0.4) is 0 Å². The lowest BCUT2D eigenvalue weighted by molar-refractivity contribution is 0.292. The lowest BCUT2D eigenvalue weighted by atomic mass is 10.2. The van der Waals surface area contributed by atoms with Crippen LogP contribution in [-0.2, 0) is 0 Å². The number of nitrogens with one attached hydrogen (secondary N) is 1. The predicted octanol–water partition coefficient (Wildman–Crippen LogP) is 2.39. The van der Waals surface area contributed by atoms with E-state index >= 15 is 0 Å². The van der Waals surface area contributed by atoms with Gasteiger partial charge < -0.3 is 10.4 Å². The highest BCUT2D eigenvalue weighted by Gasteiger charge is 2.09. The fourth-order valence-corrected chi connectivity index (χ4v) is 2.11. The fraction of sp³-hybridized carbons (Fsp3) is 0.176. The third-order valence-corrected chi connectivity index (χ3v) is 3.22. The number of anilines is 1. The Kier molecular flexibility index (Phi) is 4.85. The smallest absolute Gasteiger partial charge is 0.180 e. The lowest BCUT2D eigenvalue weighted by Gasteiger charge is -2.09. The number of rotatable bonds is 6. The molecule has 0 amide bonds. The minimum Gasteiger partial charge on any atom is -0.396 e. The number of aliphatic hydroxyl groups excluding tert-OH is 1. The molecule has 3 rings (SSSR count). The highest BCUT2D eigenvalue weighted by atomic mass is 16.3. The maximum Gasteiger partial charge on any atom is 0.180 e. The van der Waals surface area contributed by atoms with E-state index in [4.69, 9.17) is 5.11 Å². The predicted molar refractivity (Wildman–Crippen MR) is 88.7 cm³/mol. The van der Waals surface area contributed by atoms with Crippen LogP contribution in [-0.4, -0.2) is 38.2 Å². The summed E-state index contributed by atoms with van der Waals surface area (Å²) in [4.78, 5) is 17.6. The summed E-state index contributed by atoms with van der Waals surface area (Å²) in [6.07, 6.45) is 5.87. The first-order valence-corrected chi connectivity index (χ1v) is 7.42. The standard InChI is InChI=1S/C17H17N5O/c23-10-4-9-20-16-11-15(13-5-3-7-18-12-13)21-17(22-16)14-6-1-2-8-19-14/h1-3,5-8,11-12,23H,4,9-10H2,(H,20,21,22). The minimum absolute atomic E-state index is 0.140.